The first-order chi connectivity index (χ1) is 17.5. The van der Waals surface area contributed by atoms with Crippen LogP contribution in [0.25, 0.3) is 0 Å². The Balaban J connectivity index is 1.53. The van der Waals surface area contributed by atoms with Gasteiger partial charge in [0.1, 0.15) is 21.6 Å². The van der Waals surface area contributed by atoms with Crippen LogP contribution in [0.1, 0.15) is 26.4 Å². The number of hydrogen-bond acceptors (Lipinski definition) is 6. The van der Waals surface area contributed by atoms with Crippen LogP contribution in [0, 0.1) is 20.8 Å². The average Bonchev–Trinajstić information content (AvgIpc) is 3.29. The lowest BCUT2D eigenvalue weighted by molar-refractivity contribution is -0.274. The molecule has 0 aliphatic carbocycles. The highest BCUT2D eigenvalue weighted by Gasteiger charge is 2.31. The van der Waals surface area contributed by atoms with E-state index in [1.54, 1.807) is 11.4 Å². The van der Waals surface area contributed by atoms with Crippen molar-refractivity contribution in [3.63, 3.8) is 0 Å². The number of carbonyl (C=O) groups is 1. The summed E-state index contributed by atoms with van der Waals surface area (Å²) in [6.07, 6.45) is -4.86. The summed E-state index contributed by atoms with van der Waals surface area (Å²) in [5.74, 6) is -0.864. The number of nitrogens with zero attached hydrogens (tertiary/aromatic N) is 1. The predicted molar refractivity (Wildman–Crippen MR) is 139 cm³/mol. The van der Waals surface area contributed by atoms with Gasteiger partial charge in [0.2, 0.25) is 0 Å². The molecule has 1 amide bonds. The lowest BCUT2D eigenvalue weighted by Gasteiger charge is -2.32. The molecule has 198 valence electrons. The van der Waals surface area contributed by atoms with Gasteiger partial charge in [-0.15, -0.1) is 24.5 Å². The summed E-state index contributed by atoms with van der Waals surface area (Å²) in [6, 6.07) is 8.51. The Morgan fingerprint density at radius 1 is 1.11 bits per heavy atom. The molecule has 1 saturated heterocycles. The second kappa shape index (κ2) is 11.1. The molecule has 1 atom stereocenters. The van der Waals surface area contributed by atoms with Crippen LogP contribution < -0.4 is 19.7 Å². The highest BCUT2D eigenvalue weighted by Crippen LogP contribution is 2.35. The maximum atomic E-state index is 13.3. The van der Waals surface area contributed by atoms with Crippen LogP contribution in [-0.4, -0.2) is 42.8 Å². The fourth-order valence-electron chi connectivity index (χ4n) is 4.32. The molecule has 2 N–H and O–H groups in total. The maximum Gasteiger partial charge on any atom is 0.573 e. The number of rotatable bonds is 7. The number of benzene rings is 2. The highest BCUT2D eigenvalue weighted by molar-refractivity contribution is 7.86. The van der Waals surface area contributed by atoms with E-state index in [2.05, 4.69) is 19.7 Å². The van der Waals surface area contributed by atoms with E-state index in [4.69, 9.17) is 4.74 Å². The Morgan fingerprint density at radius 3 is 2.54 bits per heavy atom. The topological polar surface area (TPSA) is 79.9 Å². The van der Waals surface area contributed by atoms with Gasteiger partial charge in [-0.2, -0.15) is 0 Å². The molecule has 3 aromatic rings. The molecule has 37 heavy (non-hydrogen) atoms. The van der Waals surface area contributed by atoms with Gasteiger partial charge in [0.05, 0.1) is 23.8 Å². The van der Waals surface area contributed by atoms with Crippen LogP contribution in [0.2, 0.25) is 0 Å². The summed E-state index contributed by atoms with van der Waals surface area (Å²) < 4.78 is 62.6. The van der Waals surface area contributed by atoms with E-state index >= 15 is 0 Å². The first kappa shape index (κ1) is 27.0. The van der Waals surface area contributed by atoms with E-state index in [0.717, 1.165) is 58.9 Å². The number of ether oxygens (including phenoxy) is 2. The molecule has 1 aromatic heterocycles. The quantitative estimate of drug-likeness (QED) is 0.387. The molecule has 0 radical (unpaired) electrons. The molecular weight excluding hydrogens is 527 g/mol. The van der Waals surface area contributed by atoms with E-state index in [9.17, 15) is 22.2 Å². The van der Waals surface area contributed by atoms with Gasteiger partial charge < -0.3 is 19.7 Å². The summed E-state index contributed by atoms with van der Waals surface area (Å²) in [4.78, 5) is 15.9. The normalized spacial score (nSPS) is 14.8. The fraction of sp³-hybridized carbons (Fsp3) is 0.320. The van der Waals surface area contributed by atoms with Crippen molar-refractivity contribution in [3.05, 3.63) is 63.3 Å². The van der Waals surface area contributed by atoms with E-state index < -0.39 is 23.1 Å². The van der Waals surface area contributed by atoms with E-state index in [1.165, 1.54) is 12.1 Å². The minimum atomic E-state index is -4.86. The number of carbonyl (C=O) groups excluding carboxylic acids is 1. The molecule has 1 aliphatic heterocycles. The molecule has 2 heterocycles. The van der Waals surface area contributed by atoms with Gasteiger partial charge in [0.15, 0.2) is 0 Å². The third kappa shape index (κ3) is 6.43. The van der Waals surface area contributed by atoms with Gasteiger partial charge in [-0.05, 0) is 67.1 Å². The van der Waals surface area contributed by atoms with Gasteiger partial charge in [-0.3, -0.25) is 9.52 Å². The second-order valence-corrected chi connectivity index (χ2v) is 10.6. The Hall–Kier alpha value is -3.09. The molecular formula is C25H26F3N3O4S2. The molecule has 0 spiro atoms. The van der Waals surface area contributed by atoms with Crippen molar-refractivity contribution < 1.29 is 31.6 Å². The van der Waals surface area contributed by atoms with Gasteiger partial charge in [0.25, 0.3) is 5.91 Å². The Labute approximate surface area is 219 Å². The number of alkyl halides is 3. The Bertz CT molecular complexity index is 1320. The van der Waals surface area contributed by atoms with E-state index in [-0.39, 0.29) is 10.8 Å². The van der Waals surface area contributed by atoms with Crippen LogP contribution >= 0.6 is 11.3 Å². The third-order valence-electron chi connectivity index (χ3n) is 5.82. The van der Waals surface area contributed by atoms with Gasteiger partial charge >= 0.3 is 6.36 Å². The van der Waals surface area contributed by atoms with Crippen LogP contribution in [0.5, 0.6) is 5.75 Å². The lowest BCUT2D eigenvalue weighted by atomic mass is 10.0. The molecule has 4 rings (SSSR count). The number of aryl methyl sites for hydroxylation is 2. The number of nitrogens with one attached hydrogen (secondary N) is 2. The molecule has 1 aliphatic rings. The lowest BCUT2D eigenvalue weighted by Crippen LogP contribution is -2.37. The van der Waals surface area contributed by atoms with Crippen molar-refractivity contribution >= 4 is 45.3 Å². The zero-order chi connectivity index (χ0) is 26.7. The largest absolute Gasteiger partial charge is 0.573 e. The molecule has 7 nitrogen and oxygen atoms in total. The summed E-state index contributed by atoms with van der Waals surface area (Å²) in [5.41, 5.74) is 5.05. The van der Waals surface area contributed by atoms with Crippen LogP contribution in [0.4, 0.5) is 30.2 Å². The first-order valence-corrected chi connectivity index (χ1v) is 13.4. The number of thiophene rings is 1. The van der Waals surface area contributed by atoms with Crippen molar-refractivity contribution in [2.24, 2.45) is 0 Å². The molecule has 2 aromatic carbocycles. The van der Waals surface area contributed by atoms with Crippen molar-refractivity contribution in [1.29, 1.82) is 0 Å². The Kier molecular flexibility index (Phi) is 8.10. The third-order valence-corrected chi connectivity index (χ3v) is 7.82. The maximum absolute atomic E-state index is 13.3. The van der Waals surface area contributed by atoms with Gasteiger partial charge in [0, 0.05) is 24.5 Å². The van der Waals surface area contributed by atoms with Crippen LogP contribution in [0.3, 0.4) is 0 Å². The summed E-state index contributed by atoms with van der Waals surface area (Å²) >= 11 is 1.16. The summed E-state index contributed by atoms with van der Waals surface area (Å²) in [5, 5.41) is 4.68. The van der Waals surface area contributed by atoms with Gasteiger partial charge in [-0.25, -0.2) is 4.21 Å². The minimum Gasteiger partial charge on any atom is -0.406 e. The van der Waals surface area contributed by atoms with Crippen LogP contribution in [-0.2, 0) is 15.7 Å². The minimum absolute atomic E-state index is 0.0692. The van der Waals surface area contributed by atoms with Crippen molar-refractivity contribution in [2.45, 2.75) is 32.0 Å². The number of amides is 1. The molecule has 0 saturated carbocycles. The zero-order valence-electron chi connectivity index (χ0n) is 20.4. The van der Waals surface area contributed by atoms with Crippen molar-refractivity contribution in [2.75, 3.05) is 41.2 Å². The second-order valence-electron chi connectivity index (χ2n) is 8.47. The Morgan fingerprint density at radius 2 is 1.84 bits per heavy atom. The fourth-order valence-corrected chi connectivity index (χ4v) is 6.04. The van der Waals surface area contributed by atoms with Crippen molar-refractivity contribution in [3.8, 4) is 5.75 Å². The number of hydrogen-bond donors (Lipinski definition) is 2. The summed E-state index contributed by atoms with van der Waals surface area (Å²) in [6.45, 7) is 8.75. The number of halogens is 3. The van der Waals surface area contributed by atoms with Crippen molar-refractivity contribution in [1.82, 2.24) is 0 Å². The number of anilines is 3. The van der Waals surface area contributed by atoms with E-state index in [0.29, 0.717) is 29.5 Å². The standard InChI is InChI=1S/C25H26F3N3O4S2/c1-15-13-16(2)22(31-8-10-34-11-9-31)17(3)21(15)29-24(32)23-20(7-12-36-23)30-37(33)19-6-4-5-18(14-19)35-25(26,27)28/h4-7,12-14,30H,8-11H2,1-3H3,(H,29,32). The smallest absolute Gasteiger partial charge is 0.406 e. The molecule has 1 fully saturated rings. The van der Waals surface area contributed by atoms with Crippen LogP contribution in [0.15, 0.2) is 46.7 Å². The zero-order valence-corrected chi connectivity index (χ0v) is 22.0. The average molecular weight is 554 g/mol. The first-order valence-electron chi connectivity index (χ1n) is 11.4. The highest BCUT2D eigenvalue weighted by atomic mass is 32.2. The SMILES string of the molecule is Cc1cc(C)c(N2CCOCC2)c(C)c1NC(=O)c1sccc1NS(=O)c1cccc(OC(F)(F)F)c1. The molecule has 12 heteroatoms. The summed E-state index contributed by atoms with van der Waals surface area (Å²) in [7, 11) is -1.93. The number of morpholine rings is 1. The molecule has 0 bridgehead atoms. The predicted octanol–water partition coefficient (Wildman–Crippen LogP) is 5.80. The molecule has 1 unspecified atom stereocenters. The monoisotopic (exact) mass is 553 g/mol. The van der Waals surface area contributed by atoms with E-state index in [1.807, 2.05) is 26.8 Å². The van der Waals surface area contributed by atoms with Gasteiger partial charge in [-0.1, -0.05) is 12.1 Å².